The number of nitrogens with one attached hydrogen (secondary N) is 1. The van der Waals surface area contributed by atoms with Crippen LogP contribution in [-0.4, -0.2) is 29.5 Å². The van der Waals surface area contributed by atoms with Gasteiger partial charge in [-0.3, -0.25) is 4.90 Å². The van der Waals surface area contributed by atoms with E-state index in [-0.39, 0.29) is 0 Å². The van der Waals surface area contributed by atoms with E-state index in [1.54, 1.807) is 0 Å². The SMILES string of the molecule is CCNc1ccc(CN2CCCC2)cn1. The Balaban J connectivity index is 1.91. The van der Waals surface area contributed by atoms with Gasteiger partial charge in [0.05, 0.1) is 0 Å². The van der Waals surface area contributed by atoms with Gasteiger partial charge in [-0.15, -0.1) is 0 Å². The highest BCUT2D eigenvalue weighted by atomic mass is 15.1. The normalized spacial score (nSPS) is 16.9. The zero-order valence-corrected chi connectivity index (χ0v) is 9.37. The Morgan fingerprint density at radius 3 is 2.73 bits per heavy atom. The van der Waals surface area contributed by atoms with Crippen LogP contribution in [0.2, 0.25) is 0 Å². The molecule has 1 aromatic rings. The van der Waals surface area contributed by atoms with Crippen LogP contribution in [0.5, 0.6) is 0 Å². The summed E-state index contributed by atoms with van der Waals surface area (Å²) in [6.07, 6.45) is 4.68. The van der Waals surface area contributed by atoms with Crippen molar-refractivity contribution in [2.45, 2.75) is 26.3 Å². The summed E-state index contributed by atoms with van der Waals surface area (Å²) in [5.74, 6) is 0.975. The van der Waals surface area contributed by atoms with Crippen LogP contribution >= 0.6 is 0 Å². The van der Waals surface area contributed by atoms with E-state index in [1.807, 2.05) is 6.20 Å². The molecular formula is C12H19N3. The molecular weight excluding hydrogens is 186 g/mol. The molecule has 1 N–H and O–H groups in total. The Morgan fingerprint density at radius 2 is 2.13 bits per heavy atom. The number of aromatic nitrogens is 1. The van der Waals surface area contributed by atoms with Crippen LogP contribution < -0.4 is 5.32 Å². The fourth-order valence-corrected chi connectivity index (χ4v) is 2.00. The van der Waals surface area contributed by atoms with Crippen LogP contribution in [0.1, 0.15) is 25.3 Å². The minimum atomic E-state index is 0.929. The van der Waals surface area contributed by atoms with E-state index < -0.39 is 0 Å². The Hall–Kier alpha value is -1.09. The molecule has 0 bridgehead atoms. The van der Waals surface area contributed by atoms with Gasteiger partial charge < -0.3 is 5.32 Å². The molecule has 0 aliphatic carbocycles. The summed E-state index contributed by atoms with van der Waals surface area (Å²) in [5, 5.41) is 3.20. The number of likely N-dealkylation sites (tertiary alicyclic amines) is 1. The third-order valence-corrected chi connectivity index (χ3v) is 2.79. The third kappa shape index (κ3) is 2.93. The van der Waals surface area contributed by atoms with Crippen molar-refractivity contribution in [3.63, 3.8) is 0 Å². The minimum absolute atomic E-state index is 0.929. The van der Waals surface area contributed by atoms with Crippen molar-refractivity contribution in [3.8, 4) is 0 Å². The number of hydrogen-bond donors (Lipinski definition) is 1. The van der Waals surface area contributed by atoms with Crippen molar-refractivity contribution in [1.29, 1.82) is 0 Å². The van der Waals surface area contributed by atoms with Crippen LogP contribution in [0.25, 0.3) is 0 Å². The molecule has 0 aromatic carbocycles. The average Bonchev–Trinajstić information content (AvgIpc) is 2.74. The van der Waals surface area contributed by atoms with Crippen molar-refractivity contribution in [2.24, 2.45) is 0 Å². The lowest BCUT2D eigenvalue weighted by atomic mass is 10.2. The van der Waals surface area contributed by atoms with E-state index >= 15 is 0 Å². The van der Waals surface area contributed by atoms with Crippen molar-refractivity contribution >= 4 is 5.82 Å². The maximum Gasteiger partial charge on any atom is 0.125 e. The lowest BCUT2D eigenvalue weighted by Gasteiger charge is -2.14. The van der Waals surface area contributed by atoms with Crippen LogP contribution in [0.4, 0.5) is 5.82 Å². The molecule has 82 valence electrons. The topological polar surface area (TPSA) is 28.2 Å². The van der Waals surface area contributed by atoms with E-state index in [4.69, 9.17) is 0 Å². The molecule has 0 atom stereocenters. The molecule has 3 heteroatoms. The van der Waals surface area contributed by atoms with E-state index in [1.165, 1.54) is 31.5 Å². The second-order valence-corrected chi connectivity index (χ2v) is 4.07. The number of pyridine rings is 1. The summed E-state index contributed by atoms with van der Waals surface area (Å²) in [7, 11) is 0. The lowest BCUT2D eigenvalue weighted by Crippen LogP contribution is -2.18. The molecule has 1 aromatic heterocycles. The van der Waals surface area contributed by atoms with E-state index in [0.717, 1.165) is 18.9 Å². The van der Waals surface area contributed by atoms with E-state index in [2.05, 4.69) is 34.3 Å². The molecule has 1 aliphatic heterocycles. The fraction of sp³-hybridized carbons (Fsp3) is 0.583. The predicted molar refractivity (Wildman–Crippen MR) is 62.9 cm³/mol. The molecule has 1 saturated heterocycles. The Bertz CT molecular complexity index is 288. The van der Waals surface area contributed by atoms with Gasteiger partial charge in [0, 0.05) is 19.3 Å². The zero-order valence-electron chi connectivity index (χ0n) is 9.37. The summed E-state index contributed by atoms with van der Waals surface area (Å²) in [5.41, 5.74) is 1.32. The molecule has 0 saturated carbocycles. The zero-order chi connectivity index (χ0) is 10.5. The molecule has 2 heterocycles. The third-order valence-electron chi connectivity index (χ3n) is 2.79. The van der Waals surface area contributed by atoms with Gasteiger partial charge in [0.1, 0.15) is 5.82 Å². The van der Waals surface area contributed by atoms with Gasteiger partial charge in [-0.1, -0.05) is 6.07 Å². The Kier molecular flexibility index (Phi) is 3.56. The summed E-state index contributed by atoms with van der Waals surface area (Å²) in [6, 6.07) is 4.23. The van der Waals surface area contributed by atoms with E-state index in [9.17, 15) is 0 Å². The largest absolute Gasteiger partial charge is 0.370 e. The van der Waals surface area contributed by atoms with Gasteiger partial charge in [-0.05, 0) is 44.5 Å². The van der Waals surface area contributed by atoms with Gasteiger partial charge in [-0.25, -0.2) is 4.98 Å². The molecule has 15 heavy (non-hydrogen) atoms. The highest BCUT2D eigenvalue weighted by Crippen LogP contribution is 2.13. The number of anilines is 1. The first-order valence-electron chi connectivity index (χ1n) is 5.79. The number of nitrogens with zero attached hydrogens (tertiary/aromatic N) is 2. The van der Waals surface area contributed by atoms with Crippen molar-refractivity contribution < 1.29 is 0 Å². The van der Waals surface area contributed by atoms with Gasteiger partial charge >= 0.3 is 0 Å². The molecule has 0 amide bonds. The summed E-state index contributed by atoms with van der Waals surface area (Å²) >= 11 is 0. The van der Waals surface area contributed by atoms with Crippen LogP contribution in [-0.2, 0) is 6.54 Å². The average molecular weight is 205 g/mol. The van der Waals surface area contributed by atoms with Crippen molar-refractivity contribution in [1.82, 2.24) is 9.88 Å². The van der Waals surface area contributed by atoms with Gasteiger partial charge in [-0.2, -0.15) is 0 Å². The van der Waals surface area contributed by atoms with Gasteiger partial charge in [0.2, 0.25) is 0 Å². The van der Waals surface area contributed by atoms with Gasteiger partial charge in [0.25, 0.3) is 0 Å². The molecule has 0 radical (unpaired) electrons. The molecule has 0 spiro atoms. The summed E-state index contributed by atoms with van der Waals surface area (Å²) in [4.78, 5) is 6.86. The number of rotatable bonds is 4. The molecule has 2 rings (SSSR count). The highest BCUT2D eigenvalue weighted by Gasteiger charge is 2.11. The Labute approximate surface area is 91.5 Å². The standard InChI is InChI=1S/C12H19N3/c1-2-13-12-6-5-11(9-14-12)10-15-7-3-4-8-15/h5-6,9H,2-4,7-8,10H2,1H3,(H,13,14). The highest BCUT2D eigenvalue weighted by molar-refractivity contribution is 5.35. The fourth-order valence-electron chi connectivity index (χ4n) is 2.00. The molecule has 1 fully saturated rings. The first kappa shape index (κ1) is 10.4. The summed E-state index contributed by atoms with van der Waals surface area (Å²) < 4.78 is 0. The minimum Gasteiger partial charge on any atom is -0.370 e. The lowest BCUT2D eigenvalue weighted by molar-refractivity contribution is 0.331. The molecule has 0 unspecified atom stereocenters. The number of hydrogen-bond acceptors (Lipinski definition) is 3. The predicted octanol–water partition coefficient (Wildman–Crippen LogP) is 2.11. The Morgan fingerprint density at radius 1 is 1.33 bits per heavy atom. The van der Waals surface area contributed by atoms with Crippen LogP contribution in [0, 0.1) is 0 Å². The monoisotopic (exact) mass is 205 g/mol. The van der Waals surface area contributed by atoms with Crippen LogP contribution in [0.15, 0.2) is 18.3 Å². The van der Waals surface area contributed by atoms with E-state index in [0.29, 0.717) is 0 Å². The first-order valence-corrected chi connectivity index (χ1v) is 5.79. The smallest absolute Gasteiger partial charge is 0.125 e. The van der Waals surface area contributed by atoms with Crippen molar-refractivity contribution in [2.75, 3.05) is 25.0 Å². The quantitative estimate of drug-likeness (QED) is 0.816. The van der Waals surface area contributed by atoms with Crippen LogP contribution in [0.3, 0.4) is 0 Å². The first-order chi connectivity index (χ1) is 7.38. The maximum absolute atomic E-state index is 4.37. The molecule has 3 nitrogen and oxygen atoms in total. The maximum atomic E-state index is 4.37. The van der Waals surface area contributed by atoms with Gasteiger partial charge in [0.15, 0.2) is 0 Å². The second-order valence-electron chi connectivity index (χ2n) is 4.07. The second kappa shape index (κ2) is 5.12. The molecule has 1 aliphatic rings. The summed E-state index contributed by atoms with van der Waals surface area (Å²) in [6.45, 7) is 6.56. The van der Waals surface area contributed by atoms with Crippen molar-refractivity contribution in [3.05, 3.63) is 23.9 Å².